The van der Waals surface area contributed by atoms with Crippen LogP contribution in [0.15, 0.2) is 133 Å². The van der Waals surface area contributed by atoms with Gasteiger partial charge >= 0.3 is 6.97 Å². The lowest BCUT2D eigenvalue weighted by Gasteiger charge is -2.33. The Morgan fingerprint density at radius 3 is 1.97 bits per heavy atom. The molecule has 0 fully saturated rings. The van der Waals surface area contributed by atoms with E-state index in [4.69, 9.17) is 0 Å². The Hall–Kier alpha value is -4.45. The van der Waals surface area contributed by atoms with E-state index in [0.29, 0.717) is 22.8 Å². The Bertz CT molecular complexity index is 1520. The molecule has 0 bridgehead atoms. The number of nitrogens with zero attached hydrogens (tertiary/aromatic N) is 2. The predicted octanol–water partition coefficient (Wildman–Crippen LogP) is 6.80. The molecule has 1 aromatic heterocycles. The molecule has 2 aliphatic rings. The van der Waals surface area contributed by atoms with E-state index in [1.165, 1.54) is 8.96 Å². The zero-order valence-corrected chi connectivity index (χ0v) is 18.9. The van der Waals surface area contributed by atoms with Crippen molar-refractivity contribution in [3.05, 3.63) is 145 Å². The number of benzene rings is 3. The summed E-state index contributed by atoms with van der Waals surface area (Å²) >= 11 is 0. The summed E-state index contributed by atoms with van der Waals surface area (Å²) in [4.78, 5) is 0. The summed E-state index contributed by atoms with van der Waals surface area (Å²) in [6.07, 6.45) is 7.26. The molecule has 6 rings (SSSR count). The number of anilines is 1. The van der Waals surface area contributed by atoms with E-state index in [1.54, 1.807) is 30.5 Å². The number of para-hydroxylation sites is 1. The van der Waals surface area contributed by atoms with Gasteiger partial charge in [0.25, 0.3) is 0 Å². The maximum Gasteiger partial charge on any atom is 0.737 e. The molecule has 0 spiro atoms. The fourth-order valence-corrected chi connectivity index (χ4v) is 4.87. The molecule has 6 heteroatoms. The molecular weight excluding hydrogens is 439 g/mol. The minimum Gasteiger partial charge on any atom is -0.389 e. The van der Waals surface area contributed by atoms with Crippen LogP contribution in [0, 0.1) is 0 Å². The molecule has 0 radical (unpaired) electrons. The molecule has 0 saturated heterocycles. The van der Waals surface area contributed by atoms with Crippen molar-refractivity contribution >= 4 is 23.9 Å². The van der Waals surface area contributed by atoms with Gasteiger partial charge < -0.3 is 22.9 Å². The highest BCUT2D eigenvalue weighted by molar-refractivity contribution is 6.59. The molecule has 0 amide bonds. The maximum atomic E-state index is 16.4. The minimum atomic E-state index is -4.14. The summed E-state index contributed by atoms with van der Waals surface area (Å²) in [6, 6.07) is 32.0. The lowest BCUT2D eigenvalue weighted by Crippen LogP contribution is -2.51. The molecular formula is C29H22BF2N3. The number of hydrogen-bond acceptors (Lipinski definition) is 1. The van der Waals surface area contributed by atoms with Gasteiger partial charge in [0.05, 0.1) is 5.57 Å². The first-order valence-electron chi connectivity index (χ1n) is 11.6. The third-order valence-corrected chi connectivity index (χ3v) is 6.42. The van der Waals surface area contributed by atoms with E-state index in [0.717, 1.165) is 22.4 Å². The van der Waals surface area contributed by atoms with Gasteiger partial charge in [-0.05, 0) is 48.0 Å². The van der Waals surface area contributed by atoms with Crippen LogP contribution in [-0.4, -0.2) is 21.6 Å². The number of aromatic nitrogens is 1. The molecule has 170 valence electrons. The Kier molecular flexibility index (Phi) is 5.07. The Morgan fingerprint density at radius 2 is 1.29 bits per heavy atom. The van der Waals surface area contributed by atoms with Crippen molar-refractivity contribution in [1.82, 2.24) is 4.48 Å². The second-order valence-corrected chi connectivity index (χ2v) is 8.53. The first-order valence-corrected chi connectivity index (χ1v) is 11.6. The Balaban J connectivity index is 1.56. The summed E-state index contributed by atoms with van der Waals surface area (Å²) in [5, 5.41) is 3.25. The number of halogens is 2. The number of rotatable bonds is 5. The van der Waals surface area contributed by atoms with Crippen molar-refractivity contribution in [2.24, 2.45) is 0 Å². The van der Waals surface area contributed by atoms with Crippen molar-refractivity contribution in [3.8, 4) is 11.3 Å². The molecule has 2 aliphatic heterocycles. The summed E-state index contributed by atoms with van der Waals surface area (Å²) in [6.45, 7) is -4.14. The average molecular weight is 461 g/mol. The highest BCUT2D eigenvalue weighted by Crippen LogP contribution is 2.41. The number of allylic oxidation sites excluding steroid dienone is 4. The first kappa shape index (κ1) is 21.1. The van der Waals surface area contributed by atoms with E-state index < -0.39 is 6.97 Å². The highest BCUT2D eigenvalue weighted by atomic mass is 19.2. The lowest BCUT2D eigenvalue weighted by molar-refractivity contribution is -0.360. The van der Waals surface area contributed by atoms with Crippen molar-refractivity contribution in [2.45, 2.75) is 0 Å². The second kappa shape index (κ2) is 8.40. The molecule has 3 heterocycles. The maximum absolute atomic E-state index is 16.4. The summed E-state index contributed by atoms with van der Waals surface area (Å²) < 4.78 is 35.3. The van der Waals surface area contributed by atoms with Gasteiger partial charge in [0.1, 0.15) is 0 Å². The van der Waals surface area contributed by atoms with Crippen molar-refractivity contribution in [1.29, 1.82) is 0 Å². The topological polar surface area (TPSA) is 20.0 Å². The van der Waals surface area contributed by atoms with Crippen LogP contribution in [0.1, 0.15) is 11.3 Å². The monoisotopic (exact) mass is 461 g/mol. The molecule has 35 heavy (non-hydrogen) atoms. The molecule has 3 nitrogen and oxygen atoms in total. The van der Waals surface area contributed by atoms with Gasteiger partial charge in [0, 0.05) is 41.0 Å². The van der Waals surface area contributed by atoms with E-state index in [2.05, 4.69) is 5.32 Å². The minimum absolute atomic E-state index is 0.491. The fourth-order valence-electron chi connectivity index (χ4n) is 4.87. The zero-order valence-electron chi connectivity index (χ0n) is 18.9. The van der Waals surface area contributed by atoms with Crippen molar-refractivity contribution < 1.29 is 13.1 Å². The van der Waals surface area contributed by atoms with Gasteiger partial charge in [-0.15, -0.1) is 0 Å². The van der Waals surface area contributed by atoms with E-state index in [1.807, 2.05) is 97.1 Å². The molecule has 4 aromatic rings. The van der Waals surface area contributed by atoms with Crippen LogP contribution in [0.5, 0.6) is 0 Å². The van der Waals surface area contributed by atoms with Crippen molar-refractivity contribution in [3.63, 3.8) is 0 Å². The van der Waals surface area contributed by atoms with Gasteiger partial charge in [0.2, 0.25) is 0 Å². The molecule has 0 unspecified atom stereocenters. The van der Waals surface area contributed by atoms with E-state index in [9.17, 15) is 0 Å². The standard InChI is InChI=1S/C29H22BF2N3/c31-30(32)34-26(22-10-4-1-5-11-22)16-18-28(34)25(20-21-33-24-14-8-3-9-15-24)29-19-17-27(35(29)30)23-12-6-2-7-13-23/h1-21,33H/b21-20+. The molecule has 0 aliphatic carbocycles. The lowest BCUT2D eigenvalue weighted by atomic mass is 9.87. The first-order chi connectivity index (χ1) is 17.1. The second-order valence-electron chi connectivity index (χ2n) is 8.53. The van der Waals surface area contributed by atoms with Crippen LogP contribution in [0.4, 0.5) is 14.3 Å². The number of nitrogens with one attached hydrogen (secondary N) is 1. The van der Waals surface area contributed by atoms with Gasteiger partial charge in [0.15, 0.2) is 11.4 Å². The van der Waals surface area contributed by atoms with Crippen LogP contribution in [0.25, 0.3) is 16.8 Å². The number of hydrogen-bond donors (Lipinski definition) is 1. The summed E-state index contributed by atoms with van der Waals surface area (Å²) in [7, 11) is 0. The molecule has 1 N–H and O–H groups in total. The van der Waals surface area contributed by atoms with Crippen LogP contribution in [0.2, 0.25) is 0 Å². The Labute approximate surface area is 202 Å². The fraction of sp³-hybridized carbons (Fsp3) is 0. The SMILES string of the molecule is F[B-]1(F)n2c(ccc2-c2ccccc2)C(/C=C/Nc2ccccc2)=C2C=CC(c3ccccc3)=[N+]21. The summed E-state index contributed by atoms with van der Waals surface area (Å²) in [5.41, 5.74) is 5.12. The van der Waals surface area contributed by atoms with Crippen molar-refractivity contribution in [2.75, 3.05) is 5.32 Å². The van der Waals surface area contributed by atoms with E-state index in [-0.39, 0.29) is 0 Å². The average Bonchev–Trinajstić information content (AvgIpc) is 3.55. The third-order valence-electron chi connectivity index (χ3n) is 6.42. The van der Waals surface area contributed by atoms with Crippen LogP contribution in [-0.2, 0) is 0 Å². The van der Waals surface area contributed by atoms with Crippen LogP contribution >= 0.6 is 0 Å². The molecule has 0 atom stereocenters. The highest BCUT2D eigenvalue weighted by Gasteiger charge is 2.54. The molecule has 3 aromatic carbocycles. The quantitative estimate of drug-likeness (QED) is 0.324. The third kappa shape index (κ3) is 3.55. The smallest absolute Gasteiger partial charge is 0.389 e. The van der Waals surface area contributed by atoms with Gasteiger partial charge in [-0.1, -0.05) is 66.7 Å². The number of fused-ring (bicyclic) bond motifs is 2. The van der Waals surface area contributed by atoms with Crippen LogP contribution in [0.3, 0.4) is 0 Å². The Morgan fingerprint density at radius 1 is 0.686 bits per heavy atom. The van der Waals surface area contributed by atoms with Gasteiger partial charge in [-0.3, -0.25) is 0 Å². The van der Waals surface area contributed by atoms with Gasteiger partial charge in [-0.25, -0.2) is 0 Å². The van der Waals surface area contributed by atoms with E-state index >= 15 is 8.63 Å². The normalized spacial score (nSPS) is 16.1. The largest absolute Gasteiger partial charge is 0.737 e. The van der Waals surface area contributed by atoms with Crippen LogP contribution < -0.4 is 5.32 Å². The predicted molar refractivity (Wildman–Crippen MR) is 139 cm³/mol. The zero-order chi connectivity index (χ0) is 23.8. The van der Waals surface area contributed by atoms with Gasteiger partial charge in [-0.2, -0.15) is 0 Å². The summed E-state index contributed by atoms with van der Waals surface area (Å²) in [5.74, 6) is 0. The molecule has 0 saturated carbocycles.